The first-order valence-electron chi connectivity index (χ1n) is 5.20. The monoisotopic (exact) mass is 209 g/mol. The number of phenolic OH excluding ortho intramolecular Hbond substituents is 1. The molecule has 15 heavy (non-hydrogen) atoms. The van der Waals surface area contributed by atoms with Crippen molar-refractivity contribution in [2.75, 3.05) is 0 Å². The molecule has 0 heterocycles. The van der Waals surface area contributed by atoms with Crippen molar-refractivity contribution in [3.8, 4) is 5.75 Å². The number of para-hydroxylation sites is 1. The van der Waals surface area contributed by atoms with E-state index in [0.717, 1.165) is 5.56 Å². The van der Waals surface area contributed by atoms with Crippen molar-refractivity contribution in [3.05, 3.63) is 29.3 Å². The molecule has 0 aliphatic carbocycles. The van der Waals surface area contributed by atoms with Crippen LogP contribution in [0.25, 0.3) is 0 Å². The van der Waals surface area contributed by atoms with Crippen LogP contribution in [-0.2, 0) is 0 Å². The fraction of sp³-hybridized carbons (Fsp3) is 0.500. The van der Waals surface area contributed by atoms with Crippen LogP contribution >= 0.6 is 0 Å². The Bertz CT molecular complexity index is 334. The van der Waals surface area contributed by atoms with Crippen molar-refractivity contribution in [1.82, 2.24) is 0 Å². The summed E-state index contributed by atoms with van der Waals surface area (Å²) in [5.41, 5.74) is 6.95. The summed E-state index contributed by atoms with van der Waals surface area (Å²) in [5.74, 6) is 0.391. The summed E-state index contributed by atoms with van der Waals surface area (Å²) in [5, 5.41) is 19.8. The van der Waals surface area contributed by atoms with E-state index in [2.05, 4.69) is 0 Å². The van der Waals surface area contributed by atoms with E-state index in [-0.39, 0.29) is 11.7 Å². The van der Waals surface area contributed by atoms with Gasteiger partial charge in [-0.3, -0.25) is 0 Å². The second-order valence-electron chi connectivity index (χ2n) is 4.24. The van der Waals surface area contributed by atoms with Crippen molar-refractivity contribution in [2.45, 2.75) is 38.8 Å². The fourth-order valence-electron chi connectivity index (χ4n) is 1.57. The van der Waals surface area contributed by atoms with Gasteiger partial charge in [0.25, 0.3) is 0 Å². The van der Waals surface area contributed by atoms with Gasteiger partial charge in [-0.2, -0.15) is 0 Å². The molecule has 0 fully saturated rings. The smallest absolute Gasteiger partial charge is 0.124 e. The Labute approximate surface area is 90.5 Å². The summed E-state index contributed by atoms with van der Waals surface area (Å²) in [7, 11) is 0. The first kappa shape index (κ1) is 12.0. The first-order chi connectivity index (χ1) is 6.95. The number of hydrogen-bond acceptors (Lipinski definition) is 3. The number of aliphatic hydroxyl groups is 1. The van der Waals surface area contributed by atoms with E-state index >= 15 is 0 Å². The number of aromatic hydroxyl groups is 1. The molecule has 0 bridgehead atoms. The van der Waals surface area contributed by atoms with Gasteiger partial charge in [0, 0.05) is 11.6 Å². The molecule has 0 radical (unpaired) electrons. The summed E-state index contributed by atoms with van der Waals surface area (Å²) in [6.07, 6.45) is -0.816. The largest absolute Gasteiger partial charge is 0.507 e. The zero-order valence-electron chi connectivity index (χ0n) is 9.44. The second kappa shape index (κ2) is 4.64. The Kier molecular flexibility index (Phi) is 3.72. The Morgan fingerprint density at radius 2 is 1.67 bits per heavy atom. The van der Waals surface area contributed by atoms with Crippen LogP contribution < -0.4 is 5.73 Å². The number of phenols is 1. The van der Waals surface area contributed by atoms with E-state index in [1.54, 1.807) is 13.0 Å². The third-order valence-electron chi connectivity index (χ3n) is 2.54. The zero-order chi connectivity index (χ0) is 11.6. The van der Waals surface area contributed by atoms with Gasteiger partial charge in [0.05, 0.1) is 6.10 Å². The standard InChI is InChI=1S/C12H19NO2/c1-7(2)9-5-4-6-10(12(9)15)11(14)8(3)13/h4-8,11,14-15H,13H2,1-3H3. The fourth-order valence-corrected chi connectivity index (χ4v) is 1.57. The Balaban J connectivity index is 3.15. The summed E-state index contributed by atoms with van der Waals surface area (Å²) >= 11 is 0. The Hall–Kier alpha value is -1.06. The molecule has 0 spiro atoms. The number of aliphatic hydroxyl groups excluding tert-OH is 1. The average molecular weight is 209 g/mol. The molecular formula is C12H19NO2. The molecule has 2 atom stereocenters. The van der Waals surface area contributed by atoms with E-state index in [4.69, 9.17) is 5.73 Å². The van der Waals surface area contributed by atoms with Crippen LogP contribution in [0.4, 0.5) is 0 Å². The van der Waals surface area contributed by atoms with Crippen molar-refractivity contribution >= 4 is 0 Å². The molecule has 0 amide bonds. The predicted octanol–water partition coefficient (Wildman–Crippen LogP) is 1.90. The minimum absolute atomic E-state index is 0.164. The van der Waals surface area contributed by atoms with Gasteiger partial charge in [0.1, 0.15) is 5.75 Å². The number of rotatable bonds is 3. The zero-order valence-corrected chi connectivity index (χ0v) is 9.44. The summed E-state index contributed by atoms with van der Waals surface area (Å²) in [6.45, 7) is 5.71. The Morgan fingerprint density at radius 1 is 1.13 bits per heavy atom. The first-order valence-corrected chi connectivity index (χ1v) is 5.20. The molecule has 84 valence electrons. The molecule has 4 N–H and O–H groups in total. The lowest BCUT2D eigenvalue weighted by molar-refractivity contribution is 0.149. The molecule has 0 saturated carbocycles. The van der Waals surface area contributed by atoms with Gasteiger partial charge in [0.2, 0.25) is 0 Å². The summed E-state index contributed by atoms with van der Waals surface area (Å²) in [6, 6.07) is 5.00. The third-order valence-corrected chi connectivity index (χ3v) is 2.54. The molecule has 3 nitrogen and oxygen atoms in total. The highest BCUT2D eigenvalue weighted by Gasteiger charge is 2.18. The molecule has 0 aromatic heterocycles. The predicted molar refractivity (Wildman–Crippen MR) is 60.8 cm³/mol. The summed E-state index contributed by atoms with van der Waals surface area (Å²) < 4.78 is 0. The minimum Gasteiger partial charge on any atom is -0.507 e. The van der Waals surface area contributed by atoms with Crippen molar-refractivity contribution in [2.24, 2.45) is 5.73 Å². The van der Waals surface area contributed by atoms with Gasteiger partial charge in [-0.1, -0.05) is 32.0 Å². The van der Waals surface area contributed by atoms with Gasteiger partial charge in [-0.05, 0) is 18.4 Å². The van der Waals surface area contributed by atoms with Crippen molar-refractivity contribution in [3.63, 3.8) is 0 Å². The van der Waals surface area contributed by atoms with Gasteiger partial charge < -0.3 is 15.9 Å². The van der Waals surface area contributed by atoms with Crippen LogP contribution in [0.2, 0.25) is 0 Å². The van der Waals surface area contributed by atoms with Gasteiger partial charge >= 0.3 is 0 Å². The highest BCUT2D eigenvalue weighted by molar-refractivity contribution is 5.43. The molecule has 1 aromatic carbocycles. The van der Waals surface area contributed by atoms with Gasteiger partial charge in [0.15, 0.2) is 0 Å². The highest BCUT2D eigenvalue weighted by atomic mass is 16.3. The SMILES string of the molecule is CC(C)c1cccc(C(O)C(C)N)c1O. The maximum Gasteiger partial charge on any atom is 0.124 e. The quantitative estimate of drug-likeness (QED) is 0.712. The van der Waals surface area contributed by atoms with Crippen LogP contribution in [0.15, 0.2) is 18.2 Å². The Morgan fingerprint density at radius 3 is 2.13 bits per heavy atom. The molecule has 2 unspecified atom stereocenters. The molecule has 3 heteroatoms. The maximum atomic E-state index is 9.96. The molecule has 1 rings (SSSR count). The normalized spacial score (nSPS) is 15.3. The van der Waals surface area contributed by atoms with Crippen LogP contribution in [0.1, 0.15) is 43.9 Å². The van der Waals surface area contributed by atoms with E-state index in [0.29, 0.717) is 5.56 Å². The van der Waals surface area contributed by atoms with E-state index in [9.17, 15) is 10.2 Å². The topological polar surface area (TPSA) is 66.5 Å². The van der Waals surface area contributed by atoms with Gasteiger partial charge in [-0.25, -0.2) is 0 Å². The molecule has 0 saturated heterocycles. The minimum atomic E-state index is -0.816. The third kappa shape index (κ3) is 2.49. The lowest BCUT2D eigenvalue weighted by atomic mass is 9.95. The lowest BCUT2D eigenvalue weighted by Crippen LogP contribution is -2.24. The van der Waals surface area contributed by atoms with E-state index in [1.165, 1.54) is 0 Å². The molecule has 0 aliphatic heterocycles. The summed E-state index contributed by atoms with van der Waals surface area (Å²) in [4.78, 5) is 0. The highest BCUT2D eigenvalue weighted by Crippen LogP contribution is 2.33. The van der Waals surface area contributed by atoms with Crippen LogP contribution in [0.5, 0.6) is 5.75 Å². The van der Waals surface area contributed by atoms with Crippen molar-refractivity contribution in [1.29, 1.82) is 0 Å². The van der Waals surface area contributed by atoms with Gasteiger partial charge in [-0.15, -0.1) is 0 Å². The number of benzene rings is 1. The number of hydrogen-bond donors (Lipinski definition) is 3. The lowest BCUT2D eigenvalue weighted by Gasteiger charge is -2.19. The van der Waals surface area contributed by atoms with Crippen LogP contribution in [0.3, 0.4) is 0 Å². The van der Waals surface area contributed by atoms with Crippen molar-refractivity contribution < 1.29 is 10.2 Å². The van der Waals surface area contributed by atoms with Crippen LogP contribution in [-0.4, -0.2) is 16.3 Å². The van der Waals surface area contributed by atoms with E-state index < -0.39 is 12.1 Å². The average Bonchev–Trinajstić information content (AvgIpc) is 2.16. The number of nitrogens with two attached hydrogens (primary N) is 1. The molecule has 1 aromatic rings. The molecular weight excluding hydrogens is 190 g/mol. The van der Waals surface area contributed by atoms with Crippen LogP contribution in [0, 0.1) is 0 Å². The maximum absolute atomic E-state index is 9.96. The second-order valence-corrected chi connectivity index (χ2v) is 4.24. The van der Waals surface area contributed by atoms with E-state index in [1.807, 2.05) is 26.0 Å². The molecule has 0 aliphatic rings.